The van der Waals surface area contributed by atoms with Crippen molar-refractivity contribution in [3.8, 4) is 0 Å². The number of carbonyl (C=O) groups is 2. The number of aromatic nitrogens is 1. The lowest BCUT2D eigenvalue weighted by Gasteiger charge is -2.10. The highest BCUT2D eigenvalue weighted by Crippen LogP contribution is 2.34. The van der Waals surface area contributed by atoms with Gasteiger partial charge < -0.3 is 10.2 Å². The smallest absolute Gasteiger partial charge is 0.267 e. The summed E-state index contributed by atoms with van der Waals surface area (Å²) in [7, 11) is 3.45. The van der Waals surface area contributed by atoms with Gasteiger partial charge in [-0.2, -0.15) is 0 Å². The maximum Gasteiger partial charge on any atom is 0.267 e. The third-order valence-electron chi connectivity index (χ3n) is 4.65. The van der Waals surface area contributed by atoms with Crippen molar-refractivity contribution in [3.63, 3.8) is 0 Å². The van der Waals surface area contributed by atoms with Crippen LogP contribution in [0.25, 0.3) is 21.0 Å². The minimum atomic E-state index is -0.218. The number of hydrogen-bond acceptors (Lipinski definition) is 4. The molecule has 0 aliphatic rings. The summed E-state index contributed by atoms with van der Waals surface area (Å²) < 4.78 is 0.829. The Morgan fingerprint density at radius 1 is 1.00 bits per heavy atom. The first-order valence-corrected chi connectivity index (χ1v) is 9.68. The van der Waals surface area contributed by atoms with Crippen LogP contribution in [0.4, 0.5) is 5.82 Å². The molecular formula is C22H19N3O2S. The Bertz CT molecular complexity index is 1230. The second kappa shape index (κ2) is 7.05. The van der Waals surface area contributed by atoms with Crippen LogP contribution >= 0.6 is 11.3 Å². The number of nitrogens with one attached hydrogen (secondary N) is 1. The lowest BCUT2D eigenvalue weighted by atomic mass is 10.1. The number of para-hydroxylation sites is 1. The van der Waals surface area contributed by atoms with Crippen LogP contribution in [0.3, 0.4) is 0 Å². The maximum atomic E-state index is 12.9. The molecule has 0 aliphatic heterocycles. The average Bonchev–Trinajstić information content (AvgIpc) is 3.04. The van der Waals surface area contributed by atoms with E-state index < -0.39 is 0 Å². The van der Waals surface area contributed by atoms with Gasteiger partial charge in [0, 0.05) is 24.2 Å². The van der Waals surface area contributed by atoms with Gasteiger partial charge in [0.05, 0.1) is 16.0 Å². The molecule has 4 rings (SSSR count). The standard InChI is InChI=1S/C22H19N3O2S/c1-13-15-8-6-9-16(22(27)25(2)3)20(15)28-19(13)21(26)24-18-12-11-14-7-4-5-10-17(14)23-18/h4-12H,1-3H3,(H,23,24,26). The Labute approximate surface area is 166 Å². The minimum absolute atomic E-state index is 0.0741. The van der Waals surface area contributed by atoms with E-state index in [1.807, 2.05) is 49.4 Å². The number of hydrogen-bond donors (Lipinski definition) is 1. The number of amides is 2. The Kier molecular flexibility index (Phi) is 4.57. The van der Waals surface area contributed by atoms with Crippen LogP contribution in [0, 0.1) is 6.92 Å². The number of rotatable bonds is 3. The zero-order valence-corrected chi connectivity index (χ0v) is 16.6. The predicted molar refractivity (Wildman–Crippen MR) is 114 cm³/mol. The number of thiophene rings is 1. The van der Waals surface area contributed by atoms with Crippen LogP contribution in [0.1, 0.15) is 25.6 Å². The van der Waals surface area contributed by atoms with Crippen LogP contribution in [0.2, 0.25) is 0 Å². The number of benzene rings is 2. The first-order valence-electron chi connectivity index (χ1n) is 8.86. The van der Waals surface area contributed by atoms with Crippen molar-refractivity contribution in [2.45, 2.75) is 6.92 Å². The molecule has 0 aliphatic carbocycles. The Morgan fingerprint density at radius 3 is 2.57 bits per heavy atom. The summed E-state index contributed by atoms with van der Waals surface area (Å²) in [6.07, 6.45) is 0. The number of anilines is 1. The number of pyridine rings is 1. The Morgan fingerprint density at radius 2 is 1.79 bits per heavy atom. The molecule has 0 spiro atoms. The van der Waals surface area contributed by atoms with Gasteiger partial charge in [-0.15, -0.1) is 11.3 Å². The molecule has 0 fully saturated rings. The fourth-order valence-electron chi connectivity index (χ4n) is 3.18. The summed E-state index contributed by atoms with van der Waals surface area (Å²) >= 11 is 1.34. The number of carbonyl (C=O) groups excluding carboxylic acids is 2. The monoisotopic (exact) mass is 389 g/mol. The molecule has 6 heteroatoms. The first kappa shape index (κ1) is 18.1. The third-order valence-corrected chi connectivity index (χ3v) is 5.99. The predicted octanol–water partition coefficient (Wildman–Crippen LogP) is 4.71. The topological polar surface area (TPSA) is 62.3 Å². The first-order chi connectivity index (χ1) is 13.5. The second-order valence-electron chi connectivity index (χ2n) is 6.78. The van der Waals surface area contributed by atoms with Crippen molar-refractivity contribution < 1.29 is 9.59 Å². The summed E-state index contributed by atoms with van der Waals surface area (Å²) in [6, 6.07) is 17.1. The summed E-state index contributed by atoms with van der Waals surface area (Å²) in [5.41, 5.74) is 2.30. The molecule has 0 saturated carbocycles. The van der Waals surface area contributed by atoms with Crippen molar-refractivity contribution in [1.29, 1.82) is 0 Å². The van der Waals surface area contributed by atoms with Gasteiger partial charge in [-0.3, -0.25) is 9.59 Å². The van der Waals surface area contributed by atoms with Crippen LogP contribution < -0.4 is 5.32 Å². The van der Waals surface area contributed by atoms with E-state index in [2.05, 4.69) is 10.3 Å². The largest absolute Gasteiger partial charge is 0.345 e. The molecule has 2 aromatic carbocycles. The van der Waals surface area contributed by atoms with Crippen LogP contribution in [-0.2, 0) is 0 Å². The maximum absolute atomic E-state index is 12.9. The van der Waals surface area contributed by atoms with E-state index >= 15 is 0 Å². The summed E-state index contributed by atoms with van der Waals surface area (Å²) in [5, 5.41) is 4.83. The molecule has 140 valence electrons. The Hall–Kier alpha value is -3.25. The fraction of sp³-hybridized carbons (Fsp3) is 0.136. The molecule has 1 N–H and O–H groups in total. The summed E-state index contributed by atoms with van der Waals surface area (Å²) in [5.74, 6) is 0.213. The normalized spacial score (nSPS) is 11.0. The fourth-order valence-corrected chi connectivity index (χ4v) is 4.39. The zero-order valence-electron chi connectivity index (χ0n) is 15.8. The molecule has 28 heavy (non-hydrogen) atoms. The summed E-state index contributed by atoms with van der Waals surface area (Å²) in [6.45, 7) is 1.91. The van der Waals surface area contributed by atoms with E-state index in [0.717, 1.165) is 26.6 Å². The average molecular weight is 389 g/mol. The molecule has 4 aromatic rings. The van der Waals surface area contributed by atoms with Crippen molar-refractivity contribution >= 4 is 50.0 Å². The number of nitrogens with zero attached hydrogens (tertiary/aromatic N) is 2. The zero-order chi connectivity index (χ0) is 19.8. The van der Waals surface area contributed by atoms with Crippen LogP contribution in [0.15, 0.2) is 54.6 Å². The van der Waals surface area contributed by atoms with Gasteiger partial charge in [0.15, 0.2) is 0 Å². The highest BCUT2D eigenvalue weighted by Gasteiger charge is 2.20. The van der Waals surface area contributed by atoms with E-state index in [4.69, 9.17) is 0 Å². The lowest BCUT2D eigenvalue weighted by Crippen LogP contribution is -2.21. The molecule has 5 nitrogen and oxygen atoms in total. The van der Waals surface area contributed by atoms with Gasteiger partial charge in [-0.05, 0) is 42.1 Å². The van der Waals surface area contributed by atoms with Crippen molar-refractivity contribution in [3.05, 3.63) is 70.6 Å². The van der Waals surface area contributed by atoms with E-state index in [1.165, 1.54) is 11.3 Å². The van der Waals surface area contributed by atoms with Crippen molar-refractivity contribution in [2.24, 2.45) is 0 Å². The van der Waals surface area contributed by atoms with Crippen molar-refractivity contribution in [1.82, 2.24) is 9.88 Å². The molecule has 0 bridgehead atoms. The van der Waals surface area contributed by atoms with Crippen LogP contribution in [-0.4, -0.2) is 35.8 Å². The SMILES string of the molecule is Cc1c(C(=O)Nc2ccc3ccccc3n2)sc2c(C(=O)N(C)C)cccc12. The molecule has 2 aromatic heterocycles. The van der Waals surface area contributed by atoms with E-state index in [0.29, 0.717) is 16.3 Å². The third kappa shape index (κ3) is 3.12. The quantitative estimate of drug-likeness (QED) is 0.552. The van der Waals surface area contributed by atoms with E-state index in [1.54, 1.807) is 31.1 Å². The molecule has 0 saturated heterocycles. The van der Waals surface area contributed by atoms with Gasteiger partial charge in [0.25, 0.3) is 11.8 Å². The molecule has 0 unspecified atom stereocenters. The molecule has 2 heterocycles. The highest BCUT2D eigenvalue weighted by atomic mass is 32.1. The molecular weight excluding hydrogens is 370 g/mol. The lowest BCUT2D eigenvalue weighted by molar-refractivity contribution is 0.0829. The van der Waals surface area contributed by atoms with Gasteiger partial charge in [-0.25, -0.2) is 4.98 Å². The minimum Gasteiger partial charge on any atom is -0.345 e. The molecule has 2 amide bonds. The Balaban J connectivity index is 1.71. The van der Waals surface area contributed by atoms with Gasteiger partial charge in [0.2, 0.25) is 0 Å². The van der Waals surface area contributed by atoms with Gasteiger partial charge >= 0.3 is 0 Å². The summed E-state index contributed by atoms with van der Waals surface area (Å²) in [4.78, 5) is 32.0. The van der Waals surface area contributed by atoms with Crippen LogP contribution in [0.5, 0.6) is 0 Å². The number of fused-ring (bicyclic) bond motifs is 2. The van der Waals surface area contributed by atoms with Crippen molar-refractivity contribution in [2.75, 3.05) is 19.4 Å². The molecule has 0 atom stereocenters. The van der Waals surface area contributed by atoms with E-state index in [-0.39, 0.29) is 11.8 Å². The van der Waals surface area contributed by atoms with E-state index in [9.17, 15) is 9.59 Å². The van der Waals surface area contributed by atoms with Gasteiger partial charge in [-0.1, -0.05) is 30.3 Å². The molecule has 0 radical (unpaired) electrons. The number of aryl methyl sites for hydroxylation is 1. The highest BCUT2D eigenvalue weighted by molar-refractivity contribution is 7.21. The second-order valence-corrected chi connectivity index (χ2v) is 7.80. The van der Waals surface area contributed by atoms with Gasteiger partial charge in [0.1, 0.15) is 5.82 Å².